The summed E-state index contributed by atoms with van der Waals surface area (Å²) in [6, 6.07) is 8.18. The van der Waals surface area contributed by atoms with Crippen molar-refractivity contribution in [2.45, 2.75) is 13.8 Å². The molecule has 19 heavy (non-hydrogen) atoms. The number of aryl methyl sites for hydroxylation is 2. The largest absolute Gasteiger partial charge is 1.00 e. The molecule has 0 amide bonds. The van der Waals surface area contributed by atoms with Crippen LogP contribution >= 0.6 is 0 Å². The molecule has 2 rings (SSSR count). The van der Waals surface area contributed by atoms with Gasteiger partial charge in [0.25, 0.3) is 0 Å². The number of anilines is 1. The molecule has 0 saturated heterocycles. The smallest absolute Gasteiger partial charge is 0.169 e. The predicted octanol–water partition coefficient (Wildman–Crippen LogP) is -0.309. The Kier molecular flexibility index (Phi) is 5.95. The molecule has 0 aliphatic rings. The van der Waals surface area contributed by atoms with Crippen LogP contribution in [0.2, 0.25) is 0 Å². The van der Waals surface area contributed by atoms with Gasteiger partial charge < -0.3 is 29.3 Å². The molecule has 0 unspecified atom stereocenters. The van der Waals surface area contributed by atoms with Crippen molar-refractivity contribution in [2.75, 3.05) is 5.32 Å². The highest BCUT2D eigenvalue weighted by molar-refractivity contribution is 5.56. The van der Waals surface area contributed by atoms with Crippen molar-refractivity contribution in [3.63, 3.8) is 0 Å². The summed E-state index contributed by atoms with van der Waals surface area (Å²) >= 11 is 0. The average molecular weight is 367 g/mol. The van der Waals surface area contributed by atoms with Crippen molar-refractivity contribution in [2.24, 2.45) is 7.05 Å². The Bertz CT molecular complexity index is 545. The summed E-state index contributed by atoms with van der Waals surface area (Å²) in [6.07, 6.45) is 8.02. The van der Waals surface area contributed by atoms with Crippen molar-refractivity contribution in [1.29, 1.82) is 0 Å². The van der Waals surface area contributed by atoms with E-state index < -0.39 is 0 Å². The van der Waals surface area contributed by atoms with Gasteiger partial charge >= 0.3 is 0 Å². The molecular weight excluding hydrogens is 349 g/mol. The van der Waals surface area contributed by atoms with Crippen LogP contribution in [0.5, 0.6) is 0 Å². The van der Waals surface area contributed by atoms with Crippen molar-refractivity contribution in [1.82, 2.24) is 4.98 Å². The number of nitrogens with zero attached hydrogens (tertiary/aromatic N) is 2. The van der Waals surface area contributed by atoms with Gasteiger partial charge in [0.05, 0.1) is 0 Å². The maximum absolute atomic E-state index is 4.32. The van der Waals surface area contributed by atoms with Crippen molar-refractivity contribution in [3.8, 4) is 0 Å². The summed E-state index contributed by atoms with van der Waals surface area (Å²) in [5, 5.41) is 3.28. The van der Waals surface area contributed by atoms with Gasteiger partial charge in [0, 0.05) is 24.0 Å². The summed E-state index contributed by atoms with van der Waals surface area (Å²) in [5.74, 6) is 0.871. The maximum atomic E-state index is 4.32. The lowest BCUT2D eigenvalue weighted by Gasteiger charge is -2.05. The Morgan fingerprint density at radius 1 is 1.21 bits per heavy atom. The van der Waals surface area contributed by atoms with E-state index in [1.807, 2.05) is 56.2 Å². The van der Waals surface area contributed by atoms with Crippen LogP contribution in [0.15, 0.2) is 48.6 Å². The van der Waals surface area contributed by atoms with E-state index in [0.717, 1.165) is 17.1 Å². The number of nitrogens with one attached hydrogen (secondary N) is 1. The second-order valence-corrected chi connectivity index (χ2v) is 4.47. The van der Waals surface area contributed by atoms with Crippen LogP contribution in [-0.2, 0) is 7.05 Å². The van der Waals surface area contributed by atoms with E-state index in [9.17, 15) is 0 Å². The fraction of sp³-hybridized carbons (Fsp3) is 0.200. The lowest BCUT2D eigenvalue weighted by Crippen LogP contribution is -3.00. The zero-order valence-electron chi connectivity index (χ0n) is 11.4. The molecule has 2 heterocycles. The Labute approximate surface area is 131 Å². The first kappa shape index (κ1) is 15.6. The molecule has 1 N–H and O–H groups in total. The first-order chi connectivity index (χ1) is 8.63. The van der Waals surface area contributed by atoms with Crippen molar-refractivity contribution in [3.05, 3.63) is 59.7 Å². The third kappa shape index (κ3) is 4.98. The molecule has 0 aliphatic carbocycles. The lowest BCUT2D eigenvalue weighted by molar-refractivity contribution is -0.671. The monoisotopic (exact) mass is 367 g/mol. The van der Waals surface area contributed by atoms with Crippen LogP contribution < -0.4 is 33.9 Å². The van der Waals surface area contributed by atoms with E-state index in [2.05, 4.69) is 28.5 Å². The number of hydrogen-bond acceptors (Lipinski definition) is 2. The molecule has 0 spiro atoms. The minimum absolute atomic E-state index is 0. The zero-order valence-corrected chi connectivity index (χ0v) is 13.5. The molecule has 0 aromatic carbocycles. The summed E-state index contributed by atoms with van der Waals surface area (Å²) in [5.41, 5.74) is 3.41. The molecule has 0 aliphatic heterocycles. The molecule has 2 aromatic heterocycles. The van der Waals surface area contributed by atoms with E-state index in [4.69, 9.17) is 0 Å². The van der Waals surface area contributed by atoms with Gasteiger partial charge in [0.1, 0.15) is 12.9 Å². The van der Waals surface area contributed by atoms with E-state index >= 15 is 0 Å². The molecule has 0 bridgehead atoms. The number of hydrogen-bond donors (Lipinski definition) is 1. The molecule has 0 fully saturated rings. The average Bonchev–Trinajstić information content (AvgIpc) is 2.35. The molecule has 2 aromatic rings. The maximum Gasteiger partial charge on any atom is 0.169 e. The summed E-state index contributed by atoms with van der Waals surface area (Å²) < 4.78 is 2.02. The number of aromatic nitrogens is 2. The molecule has 100 valence electrons. The number of rotatable bonds is 3. The van der Waals surface area contributed by atoms with E-state index in [1.165, 1.54) is 5.56 Å². The summed E-state index contributed by atoms with van der Waals surface area (Å²) in [6.45, 7) is 4.07. The quantitative estimate of drug-likeness (QED) is 0.596. The topological polar surface area (TPSA) is 28.8 Å². The van der Waals surface area contributed by atoms with Gasteiger partial charge in [-0.05, 0) is 37.1 Å². The van der Waals surface area contributed by atoms with Crippen LogP contribution in [0, 0.1) is 6.92 Å². The first-order valence-corrected chi connectivity index (χ1v) is 5.97. The van der Waals surface area contributed by atoms with Gasteiger partial charge in [0.15, 0.2) is 12.4 Å². The third-order valence-corrected chi connectivity index (χ3v) is 2.62. The molecule has 3 nitrogen and oxygen atoms in total. The van der Waals surface area contributed by atoms with Crippen LogP contribution in [-0.4, -0.2) is 4.98 Å². The number of allylic oxidation sites excluding steroid dienone is 1. The van der Waals surface area contributed by atoms with Gasteiger partial charge in [-0.2, -0.15) is 0 Å². The minimum atomic E-state index is 0. The minimum Gasteiger partial charge on any atom is -1.00 e. The number of pyridine rings is 2. The highest BCUT2D eigenvalue weighted by atomic mass is 127. The standard InChI is InChI=1S/C15H17N3.HI/c1-12-4-5-15(16-11-12)17-13(2)10-14-6-8-18(3)9-7-14;/h4-11H,1-3H3;1H. The molecular formula is C15H18IN3. The first-order valence-electron chi connectivity index (χ1n) is 5.97. The van der Waals surface area contributed by atoms with Gasteiger partial charge in [-0.1, -0.05) is 6.07 Å². The summed E-state index contributed by atoms with van der Waals surface area (Å²) in [4.78, 5) is 4.32. The van der Waals surface area contributed by atoms with Gasteiger partial charge in [-0.15, -0.1) is 0 Å². The predicted molar refractivity (Wildman–Crippen MR) is 73.9 cm³/mol. The normalized spacial score (nSPS) is 10.8. The van der Waals surface area contributed by atoms with Crippen molar-refractivity contribution >= 4 is 11.9 Å². The van der Waals surface area contributed by atoms with Crippen molar-refractivity contribution < 1.29 is 28.5 Å². The van der Waals surface area contributed by atoms with Crippen LogP contribution in [0.3, 0.4) is 0 Å². The molecule has 4 heteroatoms. The molecule has 0 radical (unpaired) electrons. The lowest BCUT2D eigenvalue weighted by atomic mass is 10.2. The third-order valence-electron chi connectivity index (χ3n) is 2.62. The Balaban J connectivity index is 0.00000180. The van der Waals surface area contributed by atoms with Crippen LogP contribution in [0.1, 0.15) is 18.1 Å². The van der Waals surface area contributed by atoms with Crippen LogP contribution in [0.4, 0.5) is 5.82 Å². The highest BCUT2D eigenvalue weighted by Crippen LogP contribution is 2.10. The molecule has 0 saturated carbocycles. The second-order valence-electron chi connectivity index (χ2n) is 4.47. The van der Waals surface area contributed by atoms with E-state index in [-0.39, 0.29) is 24.0 Å². The molecule has 0 atom stereocenters. The fourth-order valence-corrected chi connectivity index (χ4v) is 1.64. The Hall–Kier alpha value is -1.43. The summed E-state index contributed by atoms with van der Waals surface area (Å²) in [7, 11) is 2.01. The van der Waals surface area contributed by atoms with Gasteiger partial charge in [-0.25, -0.2) is 9.55 Å². The Morgan fingerprint density at radius 2 is 1.89 bits per heavy atom. The van der Waals surface area contributed by atoms with Gasteiger partial charge in [0.2, 0.25) is 0 Å². The fourth-order valence-electron chi connectivity index (χ4n) is 1.64. The van der Waals surface area contributed by atoms with Gasteiger partial charge in [-0.3, -0.25) is 0 Å². The second kappa shape index (κ2) is 7.23. The SMILES string of the molecule is C/C(=C\c1cc[n+](C)cc1)Nc1ccc(C)cn1.[I-]. The Morgan fingerprint density at radius 3 is 2.47 bits per heavy atom. The number of halogens is 1. The van der Waals surface area contributed by atoms with Crippen LogP contribution in [0.25, 0.3) is 6.08 Å². The highest BCUT2D eigenvalue weighted by Gasteiger charge is 1.96. The van der Waals surface area contributed by atoms with E-state index in [0.29, 0.717) is 0 Å². The zero-order chi connectivity index (χ0) is 13.0. The van der Waals surface area contributed by atoms with E-state index in [1.54, 1.807) is 0 Å².